The van der Waals surface area contributed by atoms with Crippen LogP contribution in [-0.2, 0) is 0 Å². The molecule has 0 amide bonds. The second-order valence-corrected chi connectivity index (χ2v) is 4.68. The van der Waals surface area contributed by atoms with Gasteiger partial charge in [0.2, 0.25) is 0 Å². The molecule has 2 aliphatic rings. The van der Waals surface area contributed by atoms with E-state index >= 15 is 0 Å². The molecule has 1 fully saturated rings. The number of nitrogens with zero attached hydrogens (tertiary/aromatic N) is 3. The summed E-state index contributed by atoms with van der Waals surface area (Å²) in [7, 11) is 0. The number of benzene rings is 1. The Kier molecular flexibility index (Phi) is 1.36. The van der Waals surface area contributed by atoms with E-state index in [0.29, 0.717) is 0 Å². The average Bonchev–Trinajstić information content (AvgIpc) is 2.96. The Bertz CT molecular complexity index is 449. The maximum atomic E-state index is 2.42. The predicted octanol–water partition coefficient (Wildman–Crippen LogP) is 2.75. The van der Waals surface area contributed by atoms with Crippen LogP contribution in [0, 0.1) is 0 Å². The van der Waals surface area contributed by atoms with Crippen LogP contribution in [0.25, 0.3) is 5.69 Å². The zero-order valence-electron chi connectivity index (χ0n) is 8.71. The van der Waals surface area contributed by atoms with Gasteiger partial charge in [0, 0.05) is 0 Å². The van der Waals surface area contributed by atoms with Crippen LogP contribution in [0.15, 0.2) is 30.3 Å². The zero-order chi connectivity index (χ0) is 9.83. The molecule has 2 heterocycles. The lowest BCUT2D eigenvalue weighted by Crippen LogP contribution is -2.30. The lowest BCUT2D eigenvalue weighted by molar-refractivity contribution is 0.153. The molecule has 15 heavy (non-hydrogen) atoms. The molecule has 0 radical (unpaired) electrons. The molecule has 0 saturated heterocycles. The third-order valence-corrected chi connectivity index (χ3v) is 3.84. The van der Waals surface area contributed by atoms with Gasteiger partial charge in [-0.1, -0.05) is 31.0 Å². The highest BCUT2D eigenvalue weighted by atomic mass is 16.0. The predicted molar refractivity (Wildman–Crippen MR) is 58.3 cm³/mol. The molecule has 0 N–H and O–H groups in total. The van der Waals surface area contributed by atoms with E-state index < -0.39 is 0 Å². The standard InChI is InChI=1S/C12H15N3/c1-2-6-10(7-3-1)13-14-11-8-4-5-9-12(11)15(13)14/h1-3,6-7,11-12H,4-5,8-9H2. The van der Waals surface area contributed by atoms with Gasteiger partial charge in [-0.3, -0.25) is 0 Å². The summed E-state index contributed by atoms with van der Waals surface area (Å²) in [6, 6.07) is 12.3. The van der Waals surface area contributed by atoms with Crippen molar-refractivity contribution in [1.29, 1.82) is 0 Å². The number of hydrogen-bond acceptors (Lipinski definition) is 0. The summed E-state index contributed by atoms with van der Waals surface area (Å²) in [6.07, 6.45) is 5.58. The molecule has 1 aliphatic heterocycles. The number of para-hydroxylation sites is 1. The van der Waals surface area contributed by atoms with Gasteiger partial charge in [-0.2, -0.15) is 14.4 Å². The lowest BCUT2D eigenvalue weighted by atomic mass is 9.89. The quantitative estimate of drug-likeness (QED) is 0.674. The molecular weight excluding hydrogens is 186 g/mol. The van der Waals surface area contributed by atoms with E-state index in [1.165, 1.54) is 31.4 Å². The summed E-state index contributed by atoms with van der Waals surface area (Å²) < 4.78 is 0. The van der Waals surface area contributed by atoms with E-state index in [0.717, 1.165) is 12.1 Å². The normalized spacial score (nSPS) is 28.3. The first-order valence-corrected chi connectivity index (χ1v) is 5.90. The molecule has 78 valence electrons. The van der Waals surface area contributed by atoms with Crippen molar-refractivity contribution in [3.05, 3.63) is 30.3 Å². The van der Waals surface area contributed by atoms with Gasteiger partial charge in [-0.15, -0.1) is 0 Å². The molecule has 1 aromatic heterocycles. The number of hydrogen-bond donors (Lipinski definition) is 0. The summed E-state index contributed by atoms with van der Waals surface area (Å²) in [6.45, 7) is 0. The highest BCUT2D eigenvalue weighted by Gasteiger charge is 2.48. The molecule has 3 heteroatoms. The minimum atomic E-state index is 0.805. The fourth-order valence-corrected chi connectivity index (χ4v) is 3.09. The molecule has 2 unspecified atom stereocenters. The van der Waals surface area contributed by atoms with E-state index in [4.69, 9.17) is 0 Å². The Morgan fingerprint density at radius 1 is 0.867 bits per heavy atom. The molecular formula is C12H15N3. The minimum absolute atomic E-state index is 0.805. The first kappa shape index (κ1) is 7.85. The first-order chi connectivity index (χ1) is 7.47. The molecule has 1 aliphatic carbocycles. The molecule has 0 bridgehead atoms. The SMILES string of the molecule is c1ccc(-n2n3n2C2CCCCC23)cc1. The Hall–Kier alpha value is -1.38. The van der Waals surface area contributed by atoms with Crippen molar-refractivity contribution in [1.82, 2.24) is 14.4 Å². The number of fused-ring (bicyclic) bond motifs is 4. The second kappa shape index (κ2) is 2.60. The van der Waals surface area contributed by atoms with Gasteiger partial charge in [-0.25, -0.2) is 0 Å². The number of aromatic nitrogens is 3. The smallest absolute Gasteiger partial charge is 0.0953 e. The molecule has 3 nitrogen and oxygen atoms in total. The van der Waals surface area contributed by atoms with Gasteiger partial charge >= 0.3 is 0 Å². The van der Waals surface area contributed by atoms with Crippen LogP contribution in [0.4, 0.5) is 0 Å². The van der Waals surface area contributed by atoms with Gasteiger partial charge in [0.25, 0.3) is 0 Å². The van der Waals surface area contributed by atoms with Crippen molar-refractivity contribution < 1.29 is 0 Å². The van der Waals surface area contributed by atoms with Crippen molar-refractivity contribution in [3.63, 3.8) is 0 Å². The van der Waals surface area contributed by atoms with E-state index in [2.05, 4.69) is 44.7 Å². The van der Waals surface area contributed by atoms with Crippen molar-refractivity contribution >= 4 is 0 Å². The summed E-state index contributed by atoms with van der Waals surface area (Å²) in [5.41, 5.74) is 1.31. The second-order valence-electron chi connectivity index (χ2n) is 4.68. The highest BCUT2D eigenvalue weighted by Crippen LogP contribution is 2.49. The monoisotopic (exact) mass is 201 g/mol. The highest BCUT2D eigenvalue weighted by molar-refractivity contribution is 5.30. The van der Waals surface area contributed by atoms with Gasteiger partial charge in [0.05, 0.1) is 17.8 Å². The van der Waals surface area contributed by atoms with Crippen LogP contribution in [0.2, 0.25) is 0 Å². The molecule has 4 rings (SSSR count). The molecule has 0 spiro atoms. The molecule has 2 atom stereocenters. The van der Waals surface area contributed by atoms with E-state index in [1.54, 1.807) is 0 Å². The molecule has 2 aromatic rings. The molecule has 1 aromatic carbocycles. The summed E-state index contributed by atoms with van der Waals surface area (Å²) in [5.74, 6) is 0. The molecule has 1 saturated carbocycles. The Balaban J connectivity index is 1.72. The van der Waals surface area contributed by atoms with Crippen LogP contribution in [0.3, 0.4) is 0 Å². The lowest BCUT2D eigenvalue weighted by Gasteiger charge is -2.32. The van der Waals surface area contributed by atoms with Crippen LogP contribution in [0.5, 0.6) is 0 Å². The van der Waals surface area contributed by atoms with Crippen LogP contribution < -0.4 is 0 Å². The van der Waals surface area contributed by atoms with Crippen molar-refractivity contribution in [2.45, 2.75) is 37.8 Å². The summed E-state index contributed by atoms with van der Waals surface area (Å²) in [5, 5.41) is 0. The van der Waals surface area contributed by atoms with E-state index in [9.17, 15) is 0 Å². The first-order valence-electron chi connectivity index (χ1n) is 5.90. The maximum Gasteiger partial charge on any atom is 0.0953 e. The zero-order valence-corrected chi connectivity index (χ0v) is 8.71. The Morgan fingerprint density at radius 2 is 1.47 bits per heavy atom. The van der Waals surface area contributed by atoms with Crippen molar-refractivity contribution in [3.8, 4) is 5.69 Å². The fraction of sp³-hybridized carbons (Fsp3) is 0.500. The van der Waals surface area contributed by atoms with Crippen LogP contribution in [0.1, 0.15) is 37.8 Å². The third kappa shape index (κ3) is 0.907. The van der Waals surface area contributed by atoms with Gasteiger partial charge in [0.1, 0.15) is 0 Å². The van der Waals surface area contributed by atoms with Gasteiger partial charge in [-0.05, 0) is 25.0 Å². The van der Waals surface area contributed by atoms with Crippen molar-refractivity contribution in [2.24, 2.45) is 0 Å². The van der Waals surface area contributed by atoms with Crippen molar-refractivity contribution in [2.75, 3.05) is 0 Å². The van der Waals surface area contributed by atoms with Gasteiger partial charge in [0.15, 0.2) is 0 Å². The van der Waals surface area contributed by atoms with Crippen LogP contribution in [-0.4, -0.2) is 14.4 Å². The minimum Gasteiger partial charge on any atom is -0.183 e. The largest absolute Gasteiger partial charge is 0.183 e. The fourth-order valence-electron chi connectivity index (χ4n) is 3.09. The summed E-state index contributed by atoms with van der Waals surface area (Å²) in [4.78, 5) is 7.17. The summed E-state index contributed by atoms with van der Waals surface area (Å²) >= 11 is 0. The Labute approximate surface area is 88.8 Å². The number of rotatable bonds is 1. The Morgan fingerprint density at radius 3 is 2.07 bits per heavy atom. The topological polar surface area (TPSA) is 14.8 Å². The van der Waals surface area contributed by atoms with Gasteiger partial charge < -0.3 is 0 Å². The maximum absolute atomic E-state index is 2.42. The average molecular weight is 201 g/mol. The van der Waals surface area contributed by atoms with E-state index in [1.807, 2.05) is 0 Å². The van der Waals surface area contributed by atoms with E-state index in [-0.39, 0.29) is 0 Å². The third-order valence-electron chi connectivity index (χ3n) is 3.84. The van der Waals surface area contributed by atoms with Crippen LogP contribution >= 0.6 is 0 Å².